The first-order valence-corrected chi connectivity index (χ1v) is 16.0. The third-order valence-corrected chi connectivity index (χ3v) is 11.3. The number of carbonyl (C=O) groups excluding carboxylic acids is 1. The van der Waals surface area contributed by atoms with E-state index >= 15 is 0 Å². The van der Waals surface area contributed by atoms with E-state index in [1.807, 2.05) is 20.8 Å². The highest BCUT2D eigenvalue weighted by Gasteiger charge is 2.57. The Hall–Kier alpha value is -0.256. The maximum atomic E-state index is 12.8. The summed E-state index contributed by atoms with van der Waals surface area (Å²) < 4.78 is 29.1. The van der Waals surface area contributed by atoms with Crippen molar-refractivity contribution in [2.24, 2.45) is 5.92 Å². The second-order valence-corrected chi connectivity index (χ2v) is 16.6. The van der Waals surface area contributed by atoms with E-state index < -0.39 is 16.9 Å². The normalized spacial score (nSPS) is 27.9. The largest absolute Gasteiger partial charge is 0.501 e. The van der Waals surface area contributed by atoms with E-state index in [0.29, 0.717) is 50.5 Å². The van der Waals surface area contributed by atoms with Crippen LogP contribution in [-0.2, 0) is 27.5 Å². The van der Waals surface area contributed by atoms with E-state index in [2.05, 4.69) is 19.6 Å². The van der Waals surface area contributed by atoms with E-state index in [1.165, 1.54) is 0 Å². The van der Waals surface area contributed by atoms with Crippen molar-refractivity contribution in [1.29, 1.82) is 0 Å². The average molecular weight is 419 g/mol. The minimum Gasteiger partial charge on any atom is -0.465 e. The lowest BCUT2D eigenvalue weighted by atomic mass is 9.88. The van der Waals surface area contributed by atoms with Crippen LogP contribution in [-0.4, -0.2) is 61.5 Å². The molecule has 1 aliphatic heterocycles. The Kier molecular flexibility index (Phi) is 8.51. The molecule has 0 N–H and O–H groups in total. The molecule has 8 heteroatoms. The maximum absolute atomic E-state index is 12.8. The Morgan fingerprint density at radius 1 is 1.00 bits per heavy atom. The highest BCUT2D eigenvalue weighted by atomic mass is 28.4. The predicted molar refractivity (Wildman–Crippen MR) is 109 cm³/mol. The molecule has 0 spiro atoms. The number of fused-ring (bicyclic) bond motifs is 1. The van der Waals surface area contributed by atoms with Crippen molar-refractivity contribution in [2.75, 3.05) is 26.4 Å². The molecule has 2 aliphatic rings. The van der Waals surface area contributed by atoms with Crippen molar-refractivity contribution in [3.63, 3.8) is 0 Å². The Morgan fingerprint density at radius 3 is 2.11 bits per heavy atom. The fourth-order valence-electron chi connectivity index (χ4n) is 4.39. The summed E-state index contributed by atoms with van der Waals surface area (Å²) in [5.41, 5.74) is 0.368. The van der Waals surface area contributed by atoms with Crippen LogP contribution >= 0.6 is 0 Å². The van der Waals surface area contributed by atoms with Gasteiger partial charge >= 0.3 is 14.8 Å². The summed E-state index contributed by atoms with van der Waals surface area (Å²) in [6.07, 6.45) is 3.26. The molecule has 0 aromatic rings. The second-order valence-electron chi connectivity index (χ2n) is 8.47. The number of carbonyl (C=O) groups is 1. The summed E-state index contributed by atoms with van der Waals surface area (Å²) in [5, 5.41) is 0. The lowest BCUT2D eigenvalue weighted by Crippen LogP contribution is -2.46. The molecule has 0 aromatic carbocycles. The second kappa shape index (κ2) is 9.98. The Morgan fingerprint density at radius 2 is 1.59 bits per heavy atom. The van der Waals surface area contributed by atoms with Gasteiger partial charge in [-0.15, -0.1) is 0 Å². The van der Waals surface area contributed by atoms with Crippen molar-refractivity contribution in [2.45, 2.75) is 83.5 Å². The molecular formula is C19H38O6Si2. The molecule has 0 radical (unpaired) electrons. The zero-order chi connectivity index (χ0) is 20.1. The first-order chi connectivity index (χ1) is 12.8. The molecule has 1 saturated heterocycles. The molecule has 1 heterocycles. The third-order valence-electron chi connectivity index (χ3n) is 5.44. The van der Waals surface area contributed by atoms with Gasteiger partial charge in [0.2, 0.25) is 0 Å². The third kappa shape index (κ3) is 6.11. The summed E-state index contributed by atoms with van der Waals surface area (Å²) in [5.74, 6) is -0.0547. The summed E-state index contributed by atoms with van der Waals surface area (Å²) in [4.78, 5) is 12.8. The zero-order valence-electron chi connectivity index (χ0n) is 17.9. The number of ether oxygens (including phenoxy) is 2. The smallest absolute Gasteiger partial charge is 0.465 e. The van der Waals surface area contributed by atoms with Crippen LogP contribution in [0.3, 0.4) is 0 Å². The van der Waals surface area contributed by atoms with Crippen molar-refractivity contribution in [3.05, 3.63) is 0 Å². The molecule has 158 valence electrons. The Balaban J connectivity index is 1.85. The first kappa shape index (κ1) is 23.0. The van der Waals surface area contributed by atoms with Crippen LogP contribution in [0.25, 0.3) is 0 Å². The lowest BCUT2D eigenvalue weighted by molar-refractivity contribution is -0.149. The maximum Gasteiger partial charge on any atom is 0.501 e. The molecule has 4 atom stereocenters. The SMILES string of the molecule is CCO[Si](CCCOC(=O)C1CCC2OC2C1[Si](C)(C)C)(OCC)OCC. The molecule has 27 heavy (non-hydrogen) atoms. The van der Waals surface area contributed by atoms with Gasteiger partial charge in [0, 0.05) is 25.9 Å². The molecule has 4 unspecified atom stereocenters. The van der Waals surface area contributed by atoms with E-state index in [9.17, 15) is 4.79 Å². The average Bonchev–Trinajstić information content (AvgIpc) is 3.37. The lowest BCUT2D eigenvalue weighted by Gasteiger charge is -2.36. The standard InChI is InChI=1S/C19H38O6Si2/c1-7-22-27(23-8-2,24-9-3)14-10-13-21-19(20)15-11-12-16-17(25-16)18(15)26(4,5)6/h15-18H,7-14H2,1-6H3. The summed E-state index contributed by atoms with van der Waals surface area (Å²) in [6.45, 7) is 14.9. The van der Waals surface area contributed by atoms with Crippen LogP contribution < -0.4 is 0 Å². The minimum absolute atomic E-state index is 0.00639. The van der Waals surface area contributed by atoms with Gasteiger partial charge in [0.25, 0.3) is 0 Å². The van der Waals surface area contributed by atoms with E-state index in [1.54, 1.807) is 0 Å². The van der Waals surface area contributed by atoms with Crippen LogP contribution in [0, 0.1) is 5.92 Å². The van der Waals surface area contributed by atoms with E-state index in [-0.39, 0.29) is 18.0 Å². The van der Waals surface area contributed by atoms with E-state index in [0.717, 1.165) is 12.8 Å². The van der Waals surface area contributed by atoms with Gasteiger partial charge in [0.15, 0.2) is 0 Å². The van der Waals surface area contributed by atoms with Crippen molar-refractivity contribution in [1.82, 2.24) is 0 Å². The fraction of sp³-hybridized carbons (Fsp3) is 0.947. The van der Waals surface area contributed by atoms with Crippen molar-refractivity contribution >= 4 is 22.8 Å². The number of esters is 1. The highest BCUT2D eigenvalue weighted by Crippen LogP contribution is 2.52. The van der Waals surface area contributed by atoms with Gasteiger partial charge in [-0.1, -0.05) is 19.6 Å². The number of rotatable bonds is 12. The zero-order valence-corrected chi connectivity index (χ0v) is 19.9. The molecule has 1 aliphatic carbocycles. The van der Waals surface area contributed by atoms with E-state index in [4.69, 9.17) is 22.8 Å². The quantitative estimate of drug-likeness (QED) is 0.207. The number of hydrogen-bond acceptors (Lipinski definition) is 6. The minimum atomic E-state index is -2.66. The molecular weight excluding hydrogens is 380 g/mol. The predicted octanol–water partition coefficient (Wildman–Crippen LogP) is 3.85. The Labute approximate surface area is 166 Å². The van der Waals surface area contributed by atoms with Gasteiger partial charge < -0.3 is 22.8 Å². The van der Waals surface area contributed by atoms with Gasteiger partial charge in [-0.25, -0.2) is 0 Å². The van der Waals surface area contributed by atoms with Crippen LogP contribution in [0.1, 0.15) is 40.0 Å². The van der Waals surface area contributed by atoms with Crippen molar-refractivity contribution < 1.29 is 27.5 Å². The Bertz CT molecular complexity index is 464. The van der Waals surface area contributed by atoms with Gasteiger partial charge in [-0.05, 0) is 45.6 Å². The summed E-state index contributed by atoms with van der Waals surface area (Å²) in [7, 11) is -4.15. The summed E-state index contributed by atoms with van der Waals surface area (Å²) in [6, 6.07) is 0.672. The first-order valence-electron chi connectivity index (χ1n) is 10.5. The van der Waals surface area contributed by atoms with Crippen LogP contribution in [0.2, 0.25) is 31.2 Å². The highest BCUT2D eigenvalue weighted by molar-refractivity contribution is 6.78. The van der Waals surface area contributed by atoms with Gasteiger partial charge in [0.1, 0.15) is 0 Å². The van der Waals surface area contributed by atoms with Crippen molar-refractivity contribution in [3.8, 4) is 0 Å². The van der Waals surface area contributed by atoms with Gasteiger partial charge in [-0.3, -0.25) is 4.79 Å². The number of hydrogen-bond donors (Lipinski definition) is 0. The fourth-order valence-corrected chi connectivity index (χ4v) is 9.76. The molecule has 0 amide bonds. The molecule has 2 fully saturated rings. The number of epoxide rings is 1. The van der Waals surface area contributed by atoms with Crippen LogP contribution in [0.4, 0.5) is 0 Å². The topological polar surface area (TPSA) is 66.5 Å². The van der Waals surface area contributed by atoms with Crippen LogP contribution in [0.5, 0.6) is 0 Å². The molecule has 2 rings (SSSR count). The molecule has 0 bridgehead atoms. The van der Waals surface area contributed by atoms with Gasteiger partial charge in [-0.2, -0.15) is 0 Å². The van der Waals surface area contributed by atoms with Crippen LogP contribution in [0.15, 0.2) is 0 Å². The molecule has 6 nitrogen and oxygen atoms in total. The monoisotopic (exact) mass is 418 g/mol. The van der Waals surface area contributed by atoms with Gasteiger partial charge in [0.05, 0.1) is 32.8 Å². The molecule has 0 aromatic heterocycles. The molecule has 1 saturated carbocycles. The summed E-state index contributed by atoms with van der Waals surface area (Å²) >= 11 is 0.